The number of hydrogen-bond donors (Lipinski definition) is 0. The van der Waals surface area contributed by atoms with Gasteiger partial charge in [0, 0.05) is 5.75 Å². The van der Waals surface area contributed by atoms with Gasteiger partial charge in [0.15, 0.2) is 15.7 Å². The van der Waals surface area contributed by atoms with Gasteiger partial charge in [-0.1, -0.05) is 6.92 Å². The monoisotopic (exact) mass is 290 g/mol. The van der Waals surface area contributed by atoms with E-state index in [1.165, 1.54) is 0 Å². The quantitative estimate of drug-likeness (QED) is 0.756. The van der Waals surface area contributed by atoms with Crippen molar-refractivity contribution in [3.63, 3.8) is 0 Å². The number of carbonyl (C=O) groups is 1. The molecule has 6 nitrogen and oxygen atoms in total. The molecule has 1 aliphatic rings. The van der Waals surface area contributed by atoms with Gasteiger partial charge in [-0.2, -0.15) is 4.37 Å². The molecule has 0 spiro atoms. The average molecular weight is 290 g/mol. The van der Waals surface area contributed by atoms with E-state index in [0.717, 1.165) is 11.5 Å². The summed E-state index contributed by atoms with van der Waals surface area (Å²) in [5, 5.41) is 0.115. The minimum absolute atomic E-state index is 0.0565. The summed E-state index contributed by atoms with van der Waals surface area (Å²) in [6.45, 7) is 3.56. The van der Waals surface area contributed by atoms with Gasteiger partial charge in [0.25, 0.3) is 0 Å². The van der Waals surface area contributed by atoms with Crippen LogP contribution >= 0.6 is 11.5 Å². The van der Waals surface area contributed by atoms with E-state index in [1.54, 1.807) is 13.8 Å². The third-order valence-corrected chi connectivity index (χ3v) is 6.20. The standard InChI is InChI=1S/C10H14N2O4S2/c1-3-16-8(13)7-11-9(12-17-7)10(5-6-10)18(14,15)4-2/h3-6H2,1-2H3. The molecule has 0 aliphatic heterocycles. The number of aromatic nitrogens is 2. The summed E-state index contributed by atoms with van der Waals surface area (Å²) in [6, 6.07) is 0. The van der Waals surface area contributed by atoms with E-state index in [0.29, 0.717) is 12.8 Å². The van der Waals surface area contributed by atoms with E-state index in [2.05, 4.69) is 9.36 Å². The van der Waals surface area contributed by atoms with Crippen LogP contribution in [0.5, 0.6) is 0 Å². The third kappa shape index (κ3) is 2.03. The molecule has 0 radical (unpaired) electrons. The molecule has 1 saturated carbocycles. The summed E-state index contributed by atoms with van der Waals surface area (Å²) in [5.74, 6) is -0.246. The second kappa shape index (κ2) is 4.58. The van der Waals surface area contributed by atoms with Gasteiger partial charge in [0.2, 0.25) is 5.01 Å². The molecule has 18 heavy (non-hydrogen) atoms. The molecule has 1 aromatic rings. The van der Waals surface area contributed by atoms with Crippen molar-refractivity contribution < 1.29 is 17.9 Å². The first-order valence-corrected chi connectivity index (χ1v) is 8.13. The molecule has 1 heterocycles. The molecule has 1 aliphatic carbocycles. The Morgan fingerprint density at radius 2 is 2.11 bits per heavy atom. The van der Waals surface area contributed by atoms with E-state index < -0.39 is 20.6 Å². The topological polar surface area (TPSA) is 86.2 Å². The van der Waals surface area contributed by atoms with E-state index >= 15 is 0 Å². The number of ether oxygens (including phenoxy) is 1. The first-order valence-electron chi connectivity index (χ1n) is 5.70. The van der Waals surface area contributed by atoms with Crippen molar-refractivity contribution >= 4 is 27.3 Å². The summed E-state index contributed by atoms with van der Waals surface area (Å²) in [7, 11) is -3.23. The van der Waals surface area contributed by atoms with Crippen molar-refractivity contribution in [2.45, 2.75) is 31.4 Å². The molecule has 0 aromatic carbocycles. The zero-order valence-electron chi connectivity index (χ0n) is 10.2. The number of rotatable bonds is 5. The Balaban J connectivity index is 2.29. The largest absolute Gasteiger partial charge is 0.461 e. The summed E-state index contributed by atoms with van der Waals surface area (Å²) in [6.07, 6.45) is 1.06. The zero-order valence-corrected chi connectivity index (χ0v) is 11.8. The normalized spacial score (nSPS) is 17.4. The fraction of sp³-hybridized carbons (Fsp3) is 0.700. The lowest BCUT2D eigenvalue weighted by Crippen LogP contribution is -2.24. The lowest BCUT2D eigenvalue weighted by atomic mass is 10.4. The minimum atomic E-state index is -3.23. The fourth-order valence-corrected chi connectivity index (χ4v) is 4.10. The van der Waals surface area contributed by atoms with Gasteiger partial charge in [-0.15, -0.1) is 0 Å². The van der Waals surface area contributed by atoms with Crippen molar-refractivity contribution in [3.05, 3.63) is 10.8 Å². The Kier molecular flexibility index (Phi) is 3.41. The first kappa shape index (κ1) is 13.4. The number of carbonyl (C=O) groups excluding carboxylic acids is 1. The Labute approximate surface area is 109 Å². The predicted molar refractivity (Wildman–Crippen MR) is 66.2 cm³/mol. The molecule has 1 aromatic heterocycles. The van der Waals surface area contributed by atoms with Crippen LogP contribution in [0.1, 0.15) is 42.3 Å². The fourth-order valence-electron chi connectivity index (χ4n) is 1.75. The molecule has 0 unspecified atom stereocenters. The second-order valence-electron chi connectivity index (χ2n) is 4.04. The Morgan fingerprint density at radius 3 is 2.61 bits per heavy atom. The van der Waals surface area contributed by atoms with Crippen LogP contribution in [0.3, 0.4) is 0 Å². The lowest BCUT2D eigenvalue weighted by Gasteiger charge is -2.10. The van der Waals surface area contributed by atoms with Crippen LogP contribution < -0.4 is 0 Å². The maximum absolute atomic E-state index is 12.0. The highest BCUT2D eigenvalue weighted by Crippen LogP contribution is 2.52. The van der Waals surface area contributed by atoms with E-state index in [4.69, 9.17) is 4.74 Å². The van der Waals surface area contributed by atoms with Gasteiger partial charge in [0.05, 0.1) is 6.61 Å². The van der Waals surface area contributed by atoms with Crippen LogP contribution in [0.25, 0.3) is 0 Å². The van der Waals surface area contributed by atoms with E-state index in [9.17, 15) is 13.2 Å². The molecule has 0 N–H and O–H groups in total. The summed E-state index contributed by atoms with van der Waals surface area (Å²) in [4.78, 5) is 15.5. The van der Waals surface area contributed by atoms with E-state index in [1.807, 2.05) is 0 Å². The smallest absolute Gasteiger partial charge is 0.369 e. The Morgan fingerprint density at radius 1 is 1.44 bits per heavy atom. The van der Waals surface area contributed by atoms with Crippen LogP contribution in [-0.4, -0.2) is 36.1 Å². The highest BCUT2D eigenvalue weighted by Gasteiger charge is 2.58. The molecular formula is C10H14N2O4S2. The maximum Gasteiger partial charge on any atom is 0.369 e. The van der Waals surface area contributed by atoms with Crippen molar-refractivity contribution in [3.8, 4) is 0 Å². The molecule has 0 atom stereocenters. The molecule has 8 heteroatoms. The molecule has 2 rings (SSSR count). The van der Waals surface area contributed by atoms with Gasteiger partial charge in [-0.25, -0.2) is 18.2 Å². The summed E-state index contributed by atoms with van der Waals surface area (Å²) >= 11 is 0.891. The minimum Gasteiger partial charge on any atom is -0.461 e. The molecule has 0 bridgehead atoms. The molecule has 0 amide bonds. The molecular weight excluding hydrogens is 276 g/mol. The van der Waals surface area contributed by atoms with Gasteiger partial charge < -0.3 is 4.74 Å². The summed E-state index contributed by atoms with van der Waals surface area (Å²) < 4.78 is 31.9. The Bertz CT molecular complexity index is 560. The Hall–Kier alpha value is -1.02. The third-order valence-electron chi connectivity index (χ3n) is 2.96. The van der Waals surface area contributed by atoms with Gasteiger partial charge in [0.1, 0.15) is 4.75 Å². The van der Waals surface area contributed by atoms with Crippen molar-refractivity contribution in [2.75, 3.05) is 12.4 Å². The van der Waals surface area contributed by atoms with Gasteiger partial charge in [-0.05, 0) is 31.3 Å². The number of sulfone groups is 1. The highest BCUT2D eigenvalue weighted by atomic mass is 32.2. The zero-order chi connectivity index (χ0) is 13.4. The van der Waals surface area contributed by atoms with Crippen molar-refractivity contribution in [1.82, 2.24) is 9.36 Å². The van der Waals surface area contributed by atoms with Crippen molar-refractivity contribution in [1.29, 1.82) is 0 Å². The number of hydrogen-bond acceptors (Lipinski definition) is 7. The second-order valence-corrected chi connectivity index (χ2v) is 7.38. The molecule has 100 valence electrons. The molecule has 1 fully saturated rings. The van der Waals surface area contributed by atoms with Gasteiger partial charge >= 0.3 is 5.97 Å². The van der Waals surface area contributed by atoms with Crippen LogP contribution in [0.2, 0.25) is 0 Å². The summed E-state index contributed by atoms with van der Waals surface area (Å²) in [5.41, 5.74) is 0. The van der Waals surface area contributed by atoms with Gasteiger partial charge in [-0.3, -0.25) is 0 Å². The van der Waals surface area contributed by atoms with Crippen LogP contribution in [0.15, 0.2) is 0 Å². The SMILES string of the molecule is CCOC(=O)c1nc(C2(S(=O)(=O)CC)CC2)ns1. The van der Waals surface area contributed by atoms with E-state index in [-0.39, 0.29) is 23.2 Å². The number of esters is 1. The van der Waals surface area contributed by atoms with Crippen LogP contribution in [-0.2, 0) is 19.3 Å². The predicted octanol–water partition coefficient (Wildman–Crippen LogP) is 1.14. The first-order chi connectivity index (χ1) is 8.47. The number of nitrogens with zero attached hydrogens (tertiary/aromatic N) is 2. The van der Waals surface area contributed by atoms with Crippen LogP contribution in [0.4, 0.5) is 0 Å². The molecule has 0 saturated heterocycles. The highest BCUT2D eigenvalue weighted by molar-refractivity contribution is 7.92. The lowest BCUT2D eigenvalue weighted by molar-refractivity contribution is 0.0525. The average Bonchev–Trinajstić information content (AvgIpc) is 3.02. The van der Waals surface area contributed by atoms with Crippen molar-refractivity contribution in [2.24, 2.45) is 0 Å². The maximum atomic E-state index is 12.0. The van der Waals surface area contributed by atoms with Crippen LogP contribution in [0, 0.1) is 0 Å².